The number of aliphatic hydroxyl groups is 1. The molecule has 0 aromatic carbocycles. The van der Waals surface area contributed by atoms with Crippen LogP contribution in [-0.2, 0) is 13.1 Å². The normalized spacial score (nSPS) is 32.2. The van der Waals surface area contributed by atoms with Crippen LogP contribution in [0.4, 0.5) is 5.82 Å². The van der Waals surface area contributed by atoms with Gasteiger partial charge in [0.15, 0.2) is 5.82 Å². The molecule has 7 heteroatoms. The fraction of sp³-hybridized carbons (Fsp3) is 0.625. The van der Waals surface area contributed by atoms with Crippen molar-refractivity contribution in [1.29, 1.82) is 0 Å². The number of likely N-dealkylation sites (tertiary alicyclic amines) is 1. The monoisotopic (exact) mass is 421 g/mol. The highest BCUT2D eigenvalue weighted by molar-refractivity contribution is 5.40. The molecular weight excluding hydrogens is 390 g/mol. The first-order valence-electron chi connectivity index (χ1n) is 11.7. The van der Waals surface area contributed by atoms with E-state index in [9.17, 15) is 9.90 Å². The molecule has 2 bridgehead atoms. The number of aromatic nitrogens is 3. The largest absolute Gasteiger partial charge is 0.393 e. The van der Waals surface area contributed by atoms with Gasteiger partial charge in [-0.2, -0.15) is 5.10 Å². The number of pyridine rings is 1. The Morgan fingerprint density at radius 1 is 0.968 bits per heavy atom. The molecule has 2 saturated heterocycles. The number of anilines is 1. The van der Waals surface area contributed by atoms with E-state index in [0.717, 1.165) is 75.6 Å². The lowest BCUT2D eigenvalue weighted by molar-refractivity contribution is 0.161. The number of fused-ring (bicyclic) bond motifs is 5. The molecule has 31 heavy (non-hydrogen) atoms. The zero-order valence-corrected chi connectivity index (χ0v) is 18.2. The zero-order valence-electron chi connectivity index (χ0n) is 18.2. The molecule has 1 N–H and O–H groups in total. The molecule has 7 nitrogen and oxygen atoms in total. The van der Waals surface area contributed by atoms with Crippen LogP contribution < -0.4 is 10.5 Å². The molecule has 0 spiro atoms. The van der Waals surface area contributed by atoms with Crippen LogP contribution in [0.5, 0.6) is 0 Å². The number of hydrogen-bond donors (Lipinski definition) is 1. The summed E-state index contributed by atoms with van der Waals surface area (Å²) in [7, 11) is 0. The van der Waals surface area contributed by atoms with Gasteiger partial charge in [0.05, 0.1) is 11.8 Å². The summed E-state index contributed by atoms with van der Waals surface area (Å²) in [6, 6.07) is 8.35. The third-order valence-electron chi connectivity index (χ3n) is 7.99. The van der Waals surface area contributed by atoms with Gasteiger partial charge in [-0.25, -0.2) is 0 Å². The van der Waals surface area contributed by atoms with Crippen molar-refractivity contribution in [3.8, 4) is 0 Å². The summed E-state index contributed by atoms with van der Waals surface area (Å²) in [4.78, 5) is 18.1. The predicted molar refractivity (Wildman–Crippen MR) is 118 cm³/mol. The maximum Gasteiger partial charge on any atom is 0.255 e. The first-order chi connectivity index (χ1) is 15.0. The van der Waals surface area contributed by atoms with Gasteiger partial charge in [0, 0.05) is 56.4 Å². The van der Waals surface area contributed by atoms with Crippen molar-refractivity contribution in [1.82, 2.24) is 19.7 Å². The predicted octanol–water partition coefficient (Wildman–Crippen LogP) is 1.77. The Morgan fingerprint density at radius 2 is 1.77 bits per heavy atom. The lowest BCUT2D eigenvalue weighted by atomic mass is 9.83. The molecule has 0 amide bonds. The van der Waals surface area contributed by atoms with Gasteiger partial charge in [0.1, 0.15) is 0 Å². The Kier molecular flexibility index (Phi) is 4.65. The Morgan fingerprint density at radius 3 is 2.52 bits per heavy atom. The molecule has 0 radical (unpaired) electrons. The molecule has 5 heterocycles. The van der Waals surface area contributed by atoms with Crippen LogP contribution in [-0.4, -0.2) is 57.1 Å². The summed E-state index contributed by atoms with van der Waals surface area (Å²) >= 11 is 0. The highest BCUT2D eigenvalue weighted by atomic mass is 16.3. The smallest absolute Gasteiger partial charge is 0.255 e. The highest BCUT2D eigenvalue weighted by Crippen LogP contribution is 2.39. The quantitative estimate of drug-likeness (QED) is 0.814. The van der Waals surface area contributed by atoms with Crippen LogP contribution >= 0.6 is 0 Å². The van der Waals surface area contributed by atoms with Gasteiger partial charge >= 0.3 is 0 Å². The molecule has 5 atom stereocenters. The summed E-state index contributed by atoms with van der Waals surface area (Å²) in [5, 5.41) is 18.5. The second kappa shape index (κ2) is 7.41. The molecule has 1 saturated carbocycles. The van der Waals surface area contributed by atoms with Crippen LogP contribution in [0.2, 0.25) is 0 Å². The fourth-order valence-electron chi connectivity index (χ4n) is 6.59. The number of piperidine rings is 1. The number of rotatable bonds is 3. The zero-order chi connectivity index (χ0) is 21.1. The van der Waals surface area contributed by atoms with E-state index < -0.39 is 0 Å². The molecular formula is C24H31N5O2. The highest BCUT2D eigenvalue weighted by Gasteiger charge is 2.40. The van der Waals surface area contributed by atoms with Crippen molar-refractivity contribution in [2.75, 3.05) is 31.1 Å². The van der Waals surface area contributed by atoms with Gasteiger partial charge in [0.2, 0.25) is 0 Å². The van der Waals surface area contributed by atoms with Crippen molar-refractivity contribution in [3.05, 3.63) is 51.6 Å². The van der Waals surface area contributed by atoms with E-state index in [2.05, 4.69) is 42.8 Å². The average Bonchev–Trinajstić information content (AvgIpc) is 3.27. The fourth-order valence-corrected chi connectivity index (χ4v) is 6.59. The minimum atomic E-state index is -0.114. The van der Waals surface area contributed by atoms with E-state index in [0.29, 0.717) is 23.7 Å². The molecule has 2 aromatic heterocycles. The molecule has 1 aliphatic carbocycles. The summed E-state index contributed by atoms with van der Waals surface area (Å²) in [5.41, 5.74) is 3.23. The van der Waals surface area contributed by atoms with E-state index in [1.807, 2.05) is 13.0 Å². The molecule has 3 aliphatic heterocycles. The Balaban J connectivity index is 1.20. The van der Waals surface area contributed by atoms with E-state index in [1.54, 1.807) is 0 Å². The Bertz CT molecular complexity index is 1020. The van der Waals surface area contributed by atoms with Crippen molar-refractivity contribution < 1.29 is 5.11 Å². The van der Waals surface area contributed by atoms with Crippen molar-refractivity contribution in [2.24, 2.45) is 17.8 Å². The van der Waals surface area contributed by atoms with Crippen molar-refractivity contribution in [3.63, 3.8) is 0 Å². The first kappa shape index (κ1) is 19.4. The summed E-state index contributed by atoms with van der Waals surface area (Å²) in [5.74, 6) is 2.98. The van der Waals surface area contributed by atoms with Gasteiger partial charge in [-0.3, -0.25) is 9.69 Å². The molecule has 2 aromatic rings. The third kappa shape index (κ3) is 3.48. The maximum absolute atomic E-state index is 13.4. The second-order valence-electron chi connectivity index (χ2n) is 10.3. The summed E-state index contributed by atoms with van der Waals surface area (Å²) < 4.78 is 2.06. The van der Waals surface area contributed by atoms with Crippen LogP contribution in [0, 0.1) is 24.7 Å². The number of aliphatic hydroxyl groups excluding tert-OH is 1. The number of aryl methyl sites for hydroxylation is 1. The third-order valence-corrected chi connectivity index (χ3v) is 7.99. The molecule has 1 unspecified atom stereocenters. The van der Waals surface area contributed by atoms with E-state index in [4.69, 9.17) is 0 Å². The van der Waals surface area contributed by atoms with Crippen LogP contribution in [0.1, 0.15) is 42.1 Å². The van der Waals surface area contributed by atoms with Gasteiger partial charge in [0.25, 0.3) is 5.56 Å². The minimum Gasteiger partial charge on any atom is -0.393 e. The average molecular weight is 422 g/mol. The van der Waals surface area contributed by atoms with Crippen LogP contribution in [0.3, 0.4) is 0 Å². The van der Waals surface area contributed by atoms with Crippen molar-refractivity contribution in [2.45, 2.75) is 51.3 Å². The van der Waals surface area contributed by atoms with Crippen LogP contribution in [0.15, 0.2) is 29.1 Å². The number of nitrogens with zero attached hydrogens (tertiary/aromatic N) is 5. The van der Waals surface area contributed by atoms with Gasteiger partial charge in [-0.1, -0.05) is 6.07 Å². The lowest BCUT2D eigenvalue weighted by Crippen LogP contribution is -2.48. The molecule has 4 aliphatic rings. The number of hydrogen-bond acceptors (Lipinski definition) is 6. The first-order valence-corrected chi connectivity index (χ1v) is 11.7. The standard InChI is InChI=1S/C24H31N5O2/c1-15-2-5-23(26-25-15)28-9-16-6-20(14-28)22-4-3-17(24(31)29(22)10-16)11-27-12-18-7-21(30)8-19(18)13-27/h2-5,16,18-21,30H,6-14H2,1H3/t16-,18-,19+,20+,21?/m0/s1. The van der Waals surface area contributed by atoms with Gasteiger partial charge in [-0.15, -0.1) is 5.10 Å². The van der Waals surface area contributed by atoms with Crippen molar-refractivity contribution >= 4 is 5.82 Å². The second-order valence-corrected chi connectivity index (χ2v) is 10.3. The van der Waals surface area contributed by atoms with Crippen LogP contribution in [0.25, 0.3) is 0 Å². The van der Waals surface area contributed by atoms with Gasteiger partial charge in [-0.05, 0) is 62.1 Å². The van der Waals surface area contributed by atoms with E-state index >= 15 is 0 Å². The lowest BCUT2D eigenvalue weighted by Gasteiger charge is -2.43. The summed E-state index contributed by atoms with van der Waals surface area (Å²) in [6.45, 7) is 7.35. The minimum absolute atomic E-state index is 0.114. The molecule has 164 valence electrons. The van der Waals surface area contributed by atoms with E-state index in [1.165, 1.54) is 5.69 Å². The van der Waals surface area contributed by atoms with Gasteiger partial charge < -0.3 is 14.6 Å². The molecule has 3 fully saturated rings. The summed E-state index contributed by atoms with van der Waals surface area (Å²) in [6.07, 6.45) is 2.88. The SMILES string of the molecule is Cc1ccc(N2C[C@@H]3C[C@H](C2)c2ccc(CN4C[C@H]5CC(O)C[C@H]5C4)c(=O)n2C3)nn1. The van der Waals surface area contributed by atoms with E-state index in [-0.39, 0.29) is 11.7 Å². The molecule has 6 rings (SSSR count). The maximum atomic E-state index is 13.4. The topological polar surface area (TPSA) is 74.5 Å². The Hall–Kier alpha value is -2.25. The Labute approximate surface area is 182 Å².